The summed E-state index contributed by atoms with van der Waals surface area (Å²) in [5, 5.41) is 11.7. The Morgan fingerprint density at radius 3 is 2.24 bits per heavy atom. The van der Waals surface area contributed by atoms with Gasteiger partial charge in [0.25, 0.3) is 0 Å². The lowest BCUT2D eigenvalue weighted by molar-refractivity contribution is -0.157. The number of esters is 1. The quantitative estimate of drug-likeness (QED) is 0.694. The lowest BCUT2D eigenvalue weighted by atomic mass is 10.1. The lowest BCUT2D eigenvalue weighted by Crippen LogP contribution is -2.47. The first kappa shape index (κ1) is 15.9. The molecule has 0 spiro atoms. The number of hydrogen-bond acceptors (Lipinski definition) is 4. The molecule has 0 aliphatic rings. The molecule has 5 nitrogen and oxygen atoms in total. The molecule has 0 amide bonds. The van der Waals surface area contributed by atoms with Crippen molar-refractivity contribution >= 4 is 11.9 Å². The highest BCUT2D eigenvalue weighted by atomic mass is 16.6. The Labute approximate surface area is 103 Å². The van der Waals surface area contributed by atoms with E-state index in [9.17, 15) is 9.59 Å². The Morgan fingerprint density at radius 1 is 1.35 bits per heavy atom. The largest absolute Gasteiger partial charge is 0.480 e. The molecule has 5 heteroatoms. The third-order valence-electron chi connectivity index (χ3n) is 2.09. The van der Waals surface area contributed by atoms with Gasteiger partial charge in [-0.15, -0.1) is 0 Å². The van der Waals surface area contributed by atoms with E-state index in [1.165, 1.54) is 0 Å². The maximum Gasteiger partial charge on any atom is 0.323 e. The molecule has 0 fully saturated rings. The van der Waals surface area contributed by atoms with Crippen LogP contribution in [0.3, 0.4) is 0 Å². The van der Waals surface area contributed by atoms with Gasteiger partial charge in [-0.25, -0.2) is 0 Å². The number of carboxylic acids is 1. The number of aliphatic carboxylic acids is 1. The van der Waals surface area contributed by atoms with E-state index >= 15 is 0 Å². The summed E-state index contributed by atoms with van der Waals surface area (Å²) in [6.45, 7) is 8.84. The summed E-state index contributed by atoms with van der Waals surface area (Å²) in [5.41, 5.74) is -0.559. The van der Waals surface area contributed by atoms with Gasteiger partial charge in [0.1, 0.15) is 17.7 Å². The number of rotatable bonds is 6. The van der Waals surface area contributed by atoms with Gasteiger partial charge in [-0.2, -0.15) is 0 Å². The first-order valence-electron chi connectivity index (χ1n) is 5.89. The lowest BCUT2D eigenvalue weighted by Gasteiger charge is -2.24. The van der Waals surface area contributed by atoms with Crippen LogP contribution in [0.4, 0.5) is 0 Å². The van der Waals surface area contributed by atoms with E-state index in [0.717, 1.165) is 6.42 Å². The number of carbonyl (C=O) groups is 2. The third kappa shape index (κ3) is 6.94. The molecule has 2 atom stereocenters. The molecule has 17 heavy (non-hydrogen) atoms. The van der Waals surface area contributed by atoms with Crippen molar-refractivity contribution in [2.45, 2.75) is 65.1 Å². The number of nitrogens with one attached hydrogen (secondary N) is 1. The highest BCUT2D eigenvalue weighted by Crippen LogP contribution is 2.09. The summed E-state index contributed by atoms with van der Waals surface area (Å²) >= 11 is 0. The Balaban J connectivity index is 4.35. The monoisotopic (exact) mass is 245 g/mol. The van der Waals surface area contributed by atoms with Crippen LogP contribution in [0, 0.1) is 0 Å². The minimum absolute atomic E-state index is 0.431. The zero-order chi connectivity index (χ0) is 13.6. The molecule has 0 aromatic rings. The SMILES string of the molecule is CCC[C@H](N[C@@H](C)C(=O)OC(C)(C)C)C(=O)O. The van der Waals surface area contributed by atoms with E-state index in [2.05, 4.69) is 5.32 Å². The van der Waals surface area contributed by atoms with Gasteiger partial charge in [0.2, 0.25) is 0 Å². The molecule has 0 saturated carbocycles. The van der Waals surface area contributed by atoms with Gasteiger partial charge in [0.15, 0.2) is 0 Å². The molecular weight excluding hydrogens is 222 g/mol. The average Bonchev–Trinajstić information content (AvgIpc) is 2.13. The van der Waals surface area contributed by atoms with Crippen LogP contribution >= 0.6 is 0 Å². The van der Waals surface area contributed by atoms with Crippen LogP contribution in [0.2, 0.25) is 0 Å². The van der Waals surface area contributed by atoms with Crippen LogP contribution in [-0.2, 0) is 14.3 Å². The highest BCUT2D eigenvalue weighted by molar-refractivity contribution is 5.78. The van der Waals surface area contributed by atoms with Crippen LogP contribution in [0.25, 0.3) is 0 Å². The number of carbonyl (C=O) groups excluding carboxylic acids is 1. The Morgan fingerprint density at radius 2 is 1.88 bits per heavy atom. The number of ether oxygens (including phenoxy) is 1. The summed E-state index contributed by atoms with van der Waals surface area (Å²) in [6.07, 6.45) is 1.23. The molecule has 0 saturated heterocycles. The zero-order valence-corrected chi connectivity index (χ0v) is 11.2. The van der Waals surface area contributed by atoms with Crippen molar-refractivity contribution in [1.82, 2.24) is 5.32 Å². The predicted molar refractivity (Wildman–Crippen MR) is 64.8 cm³/mol. The molecule has 2 N–H and O–H groups in total. The van der Waals surface area contributed by atoms with Crippen molar-refractivity contribution in [3.63, 3.8) is 0 Å². The van der Waals surface area contributed by atoms with Crippen molar-refractivity contribution in [1.29, 1.82) is 0 Å². The first-order valence-corrected chi connectivity index (χ1v) is 5.89. The second-order valence-corrected chi connectivity index (χ2v) is 5.10. The van der Waals surface area contributed by atoms with Gasteiger partial charge >= 0.3 is 11.9 Å². The third-order valence-corrected chi connectivity index (χ3v) is 2.09. The molecule has 0 aliphatic heterocycles. The van der Waals surface area contributed by atoms with Crippen molar-refractivity contribution in [3.8, 4) is 0 Å². The molecule has 0 unspecified atom stereocenters. The van der Waals surface area contributed by atoms with Gasteiger partial charge in [-0.3, -0.25) is 14.9 Å². The topological polar surface area (TPSA) is 75.6 Å². The Bertz CT molecular complexity index is 270. The van der Waals surface area contributed by atoms with Crippen LogP contribution in [0.1, 0.15) is 47.5 Å². The maximum absolute atomic E-state index is 11.6. The molecule has 0 bridgehead atoms. The molecule has 0 rings (SSSR count). The van der Waals surface area contributed by atoms with Gasteiger partial charge in [-0.05, 0) is 34.1 Å². The molecule has 0 heterocycles. The fourth-order valence-electron chi connectivity index (χ4n) is 1.33. The minimum atomic E-state index is -0.942. The fraction of sp³-hybridized carbons (Fsp3) is 0.833. The Hall–Kier alpha value is -1.10. The second kappa shape index (κ2) is 6.59. The van der Waals surface area contributed by atoms with E-state index in [1.807, 2.05) is 6.92 Å². The van der Waals surface area contributed by atoms with E-state index in [-0.39, 0.29) is 0 Å². The normalized spacial score (nSPS) is 15.1. The van der Waals surface area contributed by atoms with Crippen LogP contribution in [0.15, 0.2) is 0 Å². The smallest absolute Gasteiger partial charge is 0.323 e. The molecule has 100 valence electrons. The predicted octanol–water partition coefficient (Wildman–Crippen LogP) is 1.56. The first-order chi connectivity index (χ1) is 7.67. The van der Waals surface area contributed by atoms with Gasteiger partial charge in [0, 0.05) is 0 Å². The van der Waals surface area contributed by atoms with Crippen LogP contribution in [-0.4, -0.2) is 34.7 Å². The van der Waals surface area contributed by atoms with Gasteiger partial charge in [0.05, 0.1) is 0 Å². The summed E-state index contributed by atoms with van der Waals surface area (Å²) in [7, 11) is 0. The van der Waals surface area contributed by atoms with Crippen molar-refractivity contribution in [2.24, 2.45) is 0 Å². The van der Waals surface area contributed by atoms with Crippen LogP contribution in [0.5, 0.6) is 0 Å². The molecule has 0 aliphatic carbocycles. The van der Waals surface area contributed by atoms with Crippen molar-refractivity contribution in [2.75, 3.05) is 0 Å². The van der Waals surface area contributed by atoms with E-state index in [4.69, 9.17) is 9.84 Å². The Kier molecular flexibility index (Phi) is 6.16. The van der Waals surface area contributed by atoms with Crippen molar-refractivity contribution in [3.05, 3.63) is 0 Å². The standard InChI is InChI=1S/C12H23NO4/c1-6-7-9(10(14)15)13-8(2)11(16)17-12(3,4)5/h8-9,13H,6-7H2,1-5H3,(H,14,15)/t8-,9-/m0/s1. The zero-order valence-electron chi connectivity index (χ0n) is 11.2. The summed E-state index contributed by atoms with van der Waals surface area (Å²) in [4.78, 5) is 22.6. The van der Waals surface area contributed by atoms with Gasteiger partial charge < -0.3 is 9.84 Å². The minimum Gasteiger partial charge on any atom is -0.480 e. The van der Waals surface area contributed by atoms with Crippen molar-refractivity contribution < 1.29 is 19.4 Å². The highest BCUT2D eigenvalue weighted by Gasteiger charge is 2.26. The maximum atomic E-state index is 11.6. The van der Waals surface area contributed by atoms with Gasteiger partial charge in [-0.1, -0.05) is 13.3 Å². The summed E-state index contributed by atoms with van der Waals surface area (Å²) in [6, 6.07) is -1.33. The van der Waals surface area contributed by atoms with E-state index in [1.54, 1.807) is 27.7 Å². The van der Waals surface area contributed by atoms with Crippen LogP contribution < -0.4 is 5.32 Å². The summed E-state index contributed by atoms with van der Waals surface area (Å²) in [5.74, 6) is -1.37. The fourth-order valence-corrected chi connectivity index (χ4v) is 1.33. The second-order valence-electron chi connectivity index (χ2n) is 5.10. The van der Waals surface area contributed by atoms with E-state index < -0.39 is 29.6 Å². The molecular formula is C12H23NO4. The number of hydrogen-bond donors (Lipinski definition) is 2. The summed E-state index contributed by atoms with van der Waals surface area (Å²) < 4.78 is 5.16. The molecule has 0 aromatic heterocycles. The average molecular weight is 245 g/mol. The molecule has 0 aromatic carbocycles. The van der Waals surface area contributed by atoms with E-state index in [0.29, 0.717) is 6.42 Å². The number of carboxylic acid groups (broad SMARTS) is 1. The molecule has 0 radical (unpaired) electrons.